The fourth-order valence-corrected chi connectivity index (χ4v) is 13.5. The second-order valence-corrected chi connectivity index (χ2v) is 18.7. The number of benzene rings is 2. The van der Waals surface area contributed by atoms with Crippen LogP contribution in [0.1, 0.15) is 83.3 Å². The number of esters is 2. The molecule has 5 N–H and O–H groups in total. The predicted octanol–water partition coefficient (Wildman–Crippen LogP) is 2.87. The van der Waals surface area contributed by atoms with Crippen LogP contribution in [0.25, 0.3) is 0 Å². The third-order valence-electron chi connectivity index (χ3n) is 12.9. The summed E-state index contributed by atoms with van der Waals surface area (Å²) in [6.07, 6.45) is 1.87. The van der Waals surface area contributed by atoms with Gasteiger partial charge in [-0.3, -0.25) is 19.4 Å². The first-order chi connectivity index (χ1) is 27.9. The molecule has 0 aromatic heterocycles. The number of fused-ring (bicyclic) bond motifs is 11. The van der Waals surface area contributed by atoms with E-state index in [-0.39, 0.29) is 60.6 Å². The van der Waals surface area contributed by atoms with Crippen LogP contribution in [0, 0.1) is 13.8 Å². The first-order valence-corrected chi connectivity index (χ1v) is 21.9. The number of phenolic OH excluding ortho intramolecular Hbond substituents is 1. The number of amides is 3. The first kappa shape index (κ1) is 39.4. The van der Waals surface area contributed by atoms with Gasteiger partial charge in [0, 0.05) is 58.4 Å². The maximum Gasteiger partial charge on any atom is 0.329 e. The molecule has 0 aliphatic carbocycles. The molecular weight excluding hydrogens is 791 g/mol. The normalized spacial score (nSPS) is 31.9. The Morgan fingerprint density at radius 2 is 1.83 bits per heavy atom. The Hall–Kier alpha value is -4.10. The monoisotopic (exact) mass is 839 g/mol. The zero-order valence-corrected chi connectivity index (χ0v) is 34.6. The summed E-state index contributed by atoms with van der Waals surface area (Å²) in [4.78, 5) is 56.1. The van der Waals surface area contributed by atoms with Crippen LogP contribution in [0.4, 0.5) is 4.79 Å². The third-order valence-corrected chi connectivity index (χ3v) is 15.8. The Morgan fingerprint density at radius 3 is 2.60 bits per heavy atom. The number of piperazine rings is 1. The van der Waals surface area contributed by atoms with E-state index in [1.54, 1.807) is 0 Å². The second-order valence-electron chi connectivity index (χ2n) is 16.2. The van der Waals surface area contributed by atoms with Gasteiger partial charge in [-0.15, -0.1) is 11.8 Å². The molecule has 16 nitrogen and oxygen atoms in total. The number of unbranched alkanes of at least 4 members (excludes halogenated alkanes) is 1. The van der Waals surface area contributed by atoms with E-state index in [2.05, 4.69) is 20.9 Å². The SMILES string of the molecule is COc1c(C)cc2c(c1O)[C@@H]1C3[C@@H]4SC[C@H](NC(=O)CCCCC5SCC6NC(=O)NC65)C(=O)OC[C@H](c5c6c(c(C)c(OC(C)=O)c54)OCO6)N3[C@@H](O)[C@@H](C2)N1C. The fraction of sp³-hybridized carbons (Fsp3) is 0.600. The number of likely N-dealkylation sites (N-methyl/N-ethyl adjacent to an activating group) is 1. The largest absolute Gasteiger partial charge is 0.504 e. The van der Waals surface area contributed by atoms with Gasteiger partial charge in [0.15, 0.2) is 23.0 Å². The zero-order chi connectivity index (χ0) is 40.7. The number of nitrogens with zero attached hydrogens (tertiary/aromatic N) is 2. The summed E-state index contributed by atoms with van der Waals surface area (Å²) in [6.45, 7) is 4.74. The lowest BCUT2D eigenvalue weighted by molar-refractivity contribution is -0.184. The summed E-state index contributed by atoms with van der Waals surface area (Å²) in [7, 11) is 3.46. The number of thioether (sulfide) groups is 2. The third kappa shape index (κ3) is 6.32. The minimum absolute atomic E-state index is 0.0250. The number of methoxy groups -OCH3 is 1. The molecule has 8 aliphatic rings. The summed E-state index contributed by atoms with van der Waals surface area (Å²) >= 11 is 3.22. The first-order valence-electron chi connectivity index (χ1n) is 19.8. The number of aliphatic hydroxyl groups excluding tert-OH is 1. The molecule has 4 bridgehead atoms. The van der Waals surface area contributed by atoms with Crippen molar-refractivity contribution in [1.29, 1.82) is 0 Å². The predicted molar refractivity (Wildman–Crippen MR) is 212 cm³/mol. The minimum atomic E-state index is -1.05. The Kier molecular flexibility index (Phi) is 10.3. The molecule has 312 valence electrons. The van der Waals surface area contributed by atoms with E-state index in [1.807, 2.05) is 43.6 Å². The highest BCUT2D eigenvalue weighted by Crippen LogP contribution is 2.64. The lowest BCUT2D eigenvalue weighted by Gasteiger charge is -2.62. The van der Waals surface area contributed by atoms with Crippen LogP contribution in [-0.4, -0.2) is 125 Å². The van der Waals surface area contributed by atoms with Crippen molar-refractivity contribution >= 4 is 47.4 Å². The lowest BCUT2D eigenvalue weighted by atomic mass is 9.73. The van der Waals surface area contributed by atoms with Gasteiger partial charge in [-0.2, -0.15) is 11.8 Å². The maximum absolute atomic E-state index is 13.9. The van der Waals surface area contributed by atoms with Crippen molar-refractivity contribution < 1.29 is 53.1 Å². The number of aryl methyl sites for hydroxylation is 1. The van der Waals surface area contributed by atoms with Gasteiger partial charge in [-0.25, -0.2) is 9.59 Å². The zero-order valence-electron chi connectivity index (χ0n) is 33.0. The van der Waals surface area contributed by atoms with Gasteiger partial charge in [0.25, 0.3) is 0 Å². The highest BCUT2D eigenvalue weighted by Gasteiger charge is 2.60. The Morgan fingerprint density at radius 1 is 1.03 bits per heavy atom. The molecule has 0 saturated carbocycles. The number of hydrogen-bond donors (Lipinski definition) is 5. The summed E-state index contributed by atoms with van der Waals surface area (Å²) < 4.78 is 30.0. The summed E-state index contributed by atoms with van der Waals surface area (Å²) in [5, 5.41) is 33.0. The van der Waals surface area contributed by atoms with E-state index in [0.717, 1.165) is 29.7 Å². The van der Waals surface area contributed by atoms with Gasteiger partial charge in [0.05, 0.1) is 42.6 Å². The molecule has 2 aromatic carbocycles. The number of carbonyl (C=O) groups excluding carboxylic acids is 4. The molecule has 8 aliphatic heterocycles. The Balaban J connectivity index is 1.07. The van der Waals surface area contributed by atoms with Gasteiger partial charge in [0.1, 0.15) is 24.6 Å². The number of phenols is 1. The average molecular weight is 840 g/mol. The van der Waals surface area contributed by atoms with Crippen molar-refractivity contribution in [3.63, 3.8) is 0 Å². The summed E-state index contributed by atoms with van der Waals surface area (Å²) in [6, 6.07) is -1.16. The van der Waals surface area contributed by atoms with Crippen molar-refractivity contribution in [3.8, 4) is 28.7 Å². The van der Waals surface area contributed by atoms with E-state index in [0.29, 0.717) is 58.1 Å². The minimum Gasteiger partial charge on any atom is -0.504 e. The van der Waals surface area contributed by atoms with Gasteiger partial charge in [-0.05, 0) is 51.3 Å². The maximum atomic E-state index is 13.9. The highest BCUT2D eigenvalue weighted by atomic mass is 32.2. The van der Waals surface area contributed by atoms with Crippen LogP contribution in [0.15, 0.2) is 6.07 Å². The molecule has 4 unspecified atom stereocenters. The molecule has 4 fully saturated rings. The number of aromatic hydroxyl groups is 1. The molecular formula is C40H49N5O11S2. The second kappa shape index (κ2) is 15.2. The van der Waals surface area contributed by atoms with E-state index >= 15 is 0 Å². The molecule has 4 saturated heterocycles. The van der Waals surface area contributed by atoms with Gasteiger partial charge in [-0.1, -0.05) is 12.5 Å². The number of aliphatic hydroxyl groups is 1. The van der Waals surface area contributed by atoms with E-state index < -0.39 is 53.6 Å². The smallest absolute Gasteiger partial charge is 0.329 e. The quantitative estimate of drug-likeness (QED) is 0.113. The van der Waals surface area contributed by atoms with E-state index in [1.165, 1.54) is 25.8 Å². The molecule has 10 rings (SSSR count). The summed E-state index contributed by atoms with van der Waals surface area (Å²) in [5.41, 5.74) is 4.18. The van der Waals surface area contributed by atoms with E-state index in [9.17, 15) is 29.4 Å². The number of rotatable bonds is 8. The van der Waals surface area contributed by atoms with Crippen LogP contribution in [0.2, 0.25) is 0 Å². The summed E-state index contributed by atoms with van der Waals surface area (Å²) in [5.74, 6) is 1.11. The van der Waals surface area contributed by atoms with Crippen molar-refractivity contribution in [2.24, 2.45) is 0 Å². The van der Waals surface area contributed by atoms with Crippen molar-refractivity contribution in [2.45, 2.75) is 112 Å². The highest BCUT2D eigenvalue weighted by molar-refractivity contribution is 8.00. The molecule has 0 radical (unpaired) electrons. The van der Waals surface area contributed by atoms with Gasteiger partial charge in [0.2, 0.25) is 12.7 Å². The fourth-order valence-electron chi connectivity index (χ4n) is 10.4. The van der Waals surface area contributed by atoms with Crippen LogP contribution >= 0.6 is 23.5 Å². The van der Waals surface area contributed by atoms with Crippen LogP contribution in [-0.2, 0) is 25.5 Å². The topological polar surface area (TPSA) is 197 Å². The van der Waals surface area contributed by atoms with Crippen LogP contribution in [0.3, 0.4) is 0 Å². The Labute approximate surface area is 344 Å². The molecule has 18 heteroatoms. The van der Waals surface area contributed by atoms with E-state index in [4.69, 9.17) is 23.7 Å². The molecule has 0 spiro atoms. The number of urea groups is 1. The van der Waals surface area contributed by atoms with Crippen LogP contribution < -0.4 is 34.9 Å². The number of hydrogen-bond acceptors (Lipinski definition) is 15. The van der Waals surface area contributed by atoms with Crippen molar-refractivity contribution in [1.82, 2.24) is 25.8 Å². The molecule has 58 heavy (non-hydrogen) atoms. The molecule has 2 aromatic rings. The van der Waals surface area contributed by atoms with Crippen LogP contribution in [0.5, 0.6) is 28.7 Å². The lowest BCUT2D eigenvalue weighted by Crippen LogP contribution is -2.69. The molecule has 8 heterocycles. The van der Waals surface area contributed by atoms with Gasteiger partial charge < -0.3 is 49.8 Å². The number of ether oxygens (including phenoxy) is 5. The van der Waals surface area contributed by atoms with Crippen molar-refractivity contribution in [2.75, 3.05) is 39.1 Å². The molecule has 10 atom stereocenters. The number of carbonyl (C=O) groups is 4. The van der Waals surface area contributed by atoms with Crippen molar-refractivity contribution in [3.05, 3.63) is 39.4 Å². The molecule has 3 amide bonds. The average Bonchev–Trinajstić information content (AvgIpc) is 3.91. The van der Waals surface area contributed by atoms with Gasteiger partial charge >= 0.3 is 18.0 Å². The Bertz CT molecular complexity index is 2070. The number of nitrogens with one attached hydrogen (secondary N) is 3. The standard InChI is InChI=1S/C40H49N5O11S2/c1-16-10-19-11-22-38(49)45-23-12-53-39(50)21(41-25(47)9-7-6-8-24-29-20(13-57-24)42-40(51)43-29)14-58-37(31(45)30(44(22)4)26(19)32(48)33(16)52-5)28-27(23)36-35(54-15-55-36)17(2)34(28)56-18(3)46/h10,20-24,29-31,37-38,48-49H,6-9,11-15H2,1-5H3,(H,41,47)(H2,42,43,51)/t20?,21-,22+,23+,24?,29?,30+,31?,37+,38-/m0/s1.